The molecule has 1 amide bonds. The van der Waals surface area contributed by atoms with Crippen LogP contribution in [-0.4, -0.2) is 11.9 Å². The van der Waals surface area contributed by atoms with Gasteiger partial charge in [0.05, 0.1) is 5.54 Å². The second kappa shape index (κ2) is 6.59. The summed E-state index contributed by atoms with van der Waals surface area (Å²) in [5.74, 6) is 0.264. The Balaban J connectivity index is 1.76. The molecule has 1 aromatic rings. The van der Waals surface area contributed by atoms with Crippen LogP contribution < -0.4 is 11.1 Å². The molecule has 1 aromatic carbocycles. The Labute approximate surface area is 137 Å². The van der Waals surface area contributed by atoms with Gasteiger partial charge < -0.3 is 11.1 Å². The molecule has 0 aromatic heterocycles. The standard InChI is InChI=1S/C18H25ClN2O/c19-15-8-6-14(7-9-15)18(10-1-2-11-18)21-17(22)13-4-3-5-16(20)12-13/h6-9,13,16H,1-5,10-12,20H2,(H,21,22). The first kappa shape index (κ1) is 15.8. The van der Waals surface area contributed by atoms with Gasteiger partial charge >= 0.3 is 0 Å². The van der Waals surface area contributed by atoms with Crippen molar-refractivity contribution in [3.63, 3.8) is 0 Å². The maximum absolute atomic E-state index is 12.8. The molecular formula is C18H25ClN2O. The summed E-state index contributed by atoms with van der Waals surface area (Å²) in [6.45, 7) is 0. The highest BCUT2D eigenvalue weighted by Crippen LogP contribution is 2.39. The average Bonchev–Trinajstić information content (AvgIpc) is 2.97. The Kier molecular flexibility index (Phi) is 4.74. The third-order valence-electron chi connectivity index (χ3n) is 5.30. The van der Waals surface area contributed by atoms with Crippen LogP contribution in [0.4, 0.5) is 0 Å². The molecule has 0 spiro atoms. The molecule has 0 aliphatic heterocycles. The van der Waals surface area contributed by atoms with Crippen LogP contribution in [-0.2, 0) is 10.3 Å². The van der Waals surface area contributed by atoms with Crippen LogP contribution in [0.25, 0.3) is 0 Å². The first-order valence-electron chi connectivity index (χ1n) is 8.43. The van der Waals surface area contributed by atoms with Crippen LogP contribution in [0.2, 0.25) is 5.02 Å². The first-order valence-corrected chi connectivity index (χ1v) is 8.80. The number of hydrogen-bond acceptors (Lipinski definition) is 2. The summed E-state index contributed by atoms with van der Waals surface area (Å²) in [4.78, 5) is 12.8. The fourth-order valence-electron chi connectivity index (χ4n) is 4.04. The van der Waals surface area contributed by atoms with E-state index >= 15 is 0 Å². The number of nitrogens with one attached hydrogen (secondary N) is 1. The summed E-state index contributed by atoms with van der Waals surface area (Å²) in [7, 11) is 0. The molecule has 2 saturated carbocycles. The zero-order valence-corrected chi connectivity index (χ0v) is 13.7. The monoisotopic (exact) mass is 320 g/mol. The highest BCUT2D eigenvalue weighted by molar-refractivity contribution is 6.30. The van der Waals surface area contributed by atoms with Crippen molar-refractivity contribution < 1.29 is 4.79 Å². The van der Waals surface area contributed by atoms with E-state index in [0.29, 0.717) is 0 Å². The summed E-state index contributed by atoms with van der Waals surface area (Å²) in [5, 5.41) is 4.12. The lowest BCUT2D eigenvalue weighted by molar-refractivity contribution is -0.128. The van der Waals surface area contributed by atoms with Crippen molar-refractivity contribution in [1.29, 1.82) is 0 Å². The molecule has 2 atom stereocenters. The van der Waals surface area contributed by atoms with Gasteiger partial charge in [0.2, 0.25) is 5.91 Å². The summed E-state index contributed by atoms with van der Waals surface area (Å²) < 4.78 is 0. The van der Waals surface area contributed by atoms with Crippen molar-refractivity contribution in [3.05, 3.63) is 34.9 Å². The van der Waals surface area contributed by atoms with E-state index in [2.05, 4.69) is 17.4 Å². The fraction of sp³-hybridized carbons (Fsp3) is 0.611. The number of carbonyl (C=O) groups is 1. The van der Waals surface area contributed by atoms with E-state index < -0.39 is 0 Å². The molecule has 4 heteroatoms. The summed E-state index contributed by atoms with van der Waals surface area (Å²) in [5.41, 5.74) is 7.02. The summed E-state index contributed by atoms with van der Waals surface area (Å²) in [6, 6.07) is 8.12. The van der Waals surface area contributed by atoms with E-state index in [1.165, 1.54) is 5.56 Å². The van der Waals surface area contributed by atoms with E-state index in [1.807, 2.05) is 12.1 Å². The molecule has 22 heavy (non-hydrogen) atoms. The molecule has 0 saturated heterocycles. The summed E-state index contributed by atoms with van der Waals surface area (Å²) in [6.07, 6.45) is 8.25. The van der Waals surface area contributed by atoms with Crippen LogP contribution in [0.5, 0.6) is 0 Å². The maximum atomic E-state index is 12.8. The van der Waals surface area contributed by atoms with Crippen LogP contribution in [0.3, 0.4) is 0 Å². The molecular weight excluding hydrogens is 296 g/mol. The Hall–Kier alpha value is -1.06. The lowest BCUT2D eigenvalue weighted by atomic mass is 9.83. The molecule has 3 N–H and O–H groups in total. The average molecular weight is 321 g/mol. The van der Waals surface area contributed by atoms with E-state index in [4.69, 9.17) is 17.3 Å². The summed E-state index contributed by atoms with van der Waals surface area (Å²) >= 11 is 6.01. The molecule has 2 aliphatic carbocycles. The second-order valence-corrected chi connectivity index (χ2v) is 7.35. The van der Waals surface area contributed by atoms with Gasteiger partial charge in [0.25, 0.3) is 0 Å². The van der Waals surface area contributed by atoms with Crippen molar-refractivity contribution in [2.45, 2.75) is 62.9 Å². The number of nitrogens with two attached hydrogens (primary N) is 1. The minimum absolute atomic E-state index is 0.0773. The van der Waals surface area contributed by atoms with Crippen LogP contribution in [0, 0.1) is 5.92 Å². The molecule has 3 rings (SSSR count). The van der Waals surface area contributed by atoms with Gasteiger partial charge in [0, 0.05) is 17.0 Å². The topological polar surface area (TPSA) is 55.1 Å². The molecule has 3 nitrogen and oxygen atoms in total. The van der Waals surface area contributed by atoms with Gasteiger partial charge in [-0.1, -0.05) is 43.0 Å². The molecule has 2 aliphatic rings. The van der Waals surface area contributed by atoms with Gasteiger partial charge in [0.15, 0.2) is 0 Å². The predicted octanol–water partition coefficient (Wildman–Crippen LogP) is 3.74. The zero-order chi connectivity index (χ0) is 15.6. The van der Waals surface area contributed by atoms with Crippen molar-refractivity contribution in [2.75, 3.05) is 0 Å². The van der Waals surface area contributed by atoms with Crippen LogP contribution in [0.1, 0.15) is 56.9 Å². The van der Waals surface area contributed by atoms with Crippen molar-refractivity contribution in [2.24, 2.45) is 11.7 Å². The molecule has 120 valence electrons. The molecule has 0 heterocycles. The molecule has 2 fully saturated rings. The third-order valence-corrected chi connectivity index (χ3v) is 5.55. The Morgan fingerprint density at radius 2 is 1.82 bits per heavy atom. The van der Waals surface area contributed by atoms with Crippen molar-refractivity contribution in [1.82, 2.24) is 5.32 Å². The Bertz CT molecular complexity index is 522. The minimum Gasteiger partial charge on any atom is -0.346 e. The van der Waals surface area contributed by atoms with E-state index in [0.717, 1.165) is 56.4 Å². The number of rotatable bonds is 3. The number of amides is 1. The molecule has 0 radical (unpaired) electrons. The van der Waals surface area contributed by atoms with Gasteiger partial charge in [-0.15, -0.1) is 0 Å². The first-order chi connectivity index (χ1) is 10.6. The third kappa shape index (κ3) is 3.31. The van der Waals surface area contributed by atoms with Crippen LogP contribution >= 0.6 is 11.6 Å². The van der Waals surface area contributed by atoms with E-state index in [9.17, 15) is 4.79 Å². The quantitative estimate of drug-likeness (QED) is 0.891. The number of carbonyl (C=O) groups excluding carboxylic acids is 1. The fourth-order valence-corrected chi connectivity index (χ4v) is 4.16. The lowest BCUT2D eigenvalue weighted by Gasteiger charge is -2.34. The Morgan fingerprint density at radius 3 is 2.45 bits per heavy atom. The zero-order valence-electron chi connectivity index (χ0n) is 13.0. The van der Waals surface area contributed by atoms with E-state index in [1.54, 1.807) is 0 Å². The molecule has 2 unspecified atom stereocenters. The van der Waals surface area contributed by atoms with Crippen LogP contribution in [0.15, 0.2) is 24.3 Å². The highest BCUT2D eigenvalue weighted by atomic mass is 35.5. The number of halogens is 1. The van der Waals surface area contributed by atoms with Crippen molar-refractivity contribution in [3.8, 4) is 0 Å². The normalized spacial score (nSPS) is 27.5. The highest BCUT2D eigenvalue weighted by Gasteiger charge is 2.39. The number of hydrogen-bond donors (Lipinski definition) is 2. The SMILES string of the molecule is NC1CCCC(C(=O)NC2(c3ccc(Cl)cc3)CCCC2)C1. The lowest BCUT2D eigenvalue weighted by Crippen LogP contribution is -2.48. The minimum atomic E-state index is -0.205. The second-order valence-electron chi connectivity index (χ2n) is 6.91. The van der Waals surface area contributed by atoms with Gasteiger partial charge in [-0.2, -0.15) is 0 Å². The van der Waals surface area contributed by atoms with Gasteiger partial charge in [0.1, 0.15) is 0 Å². The van der Waals surface area contributed by atoms with Gasteiger partial charge in [-0.3, -0.25) is 4.79 Å². The van der Waals surface area contributed by atoms with Gasteiger partial charge in [-0.25, -0.2) is 0 Å². The van der Waals surface area contributed by atoms with E-state index in [-0.39, 0.29) is 23.4 Å². The van der Waals surface area contributed by atoms with Gasteiger partial charge in [-0.05, 0) is 49.8 Å². The largest absolute Gasteiger partial charge is 0.346 e. The van der Waals surface area contributed by atoms with Crippen molar-refractivity contribution >= 4 is 17.5 Å². The molecule has 0 bridgehead atoms. The maximum Gasteiger partial charge on any atom is 0.223 e. The smallest absolute Gasteiger partial charge is 0.223 e. The predicted molar refractivity (Wildman–Crippen MR) is 89.7 cm³/mol. The Morgan fingerprint density at radius 1 is 1.14 bits per heavy atom. The number of benzene rings is 1.